The summed E-state index contributed by atoms with van der Waals surface area (Å²) in [5.74, 6) is 0.436. The number of carbonyl (C=O) groups excluding carboxylic acids is 1. The minimum Gasteiger partial charge on any atom is -0.491 e. The maximum Gasteiger partial charge on any atom is 0.293 e. The molecule has 2 rings (SSSR count). The highest BCUT2D eigenvalue weighted by molar-refractivity contribution is 6.74. The van der Waals surface area contributed by atoms with Crippen molar-refractivity contribution in [1.29, 1.82) is 0 Å². The standard InChI is InChI=1S/C19H30N2O5Si/c1-13-12-16(21(23)24)17-15(8-9-20(17)14(2)22)18(13)25-10-11-26-27(6,7)19(3,4)5/h12H,8-11H2,1-7H3. The molecule has 27 heavy (non-hydrogen) atoms. The van der Waals surface area contributed by atoms with Crippen molar-refractivity contribution in [2.75, 3.05) is 24.7 Å². The number of carbonyl (C=O) groups is 1. The van der Waals surface area contributed by atoms with Crippen molar-refractivity contribution in [2.45, 2.75) is 59.2 Å². The Balaban J connectivity index is 2.22. The Labute approximate surface area is 161 Å². The van der Waals surface area contributed by atoms with Gasteiger partial charge in [0, 0.05) is 25.1 Å². The van der Waals surface area contributed by atoms with Gasteiger partial charge in [0.25, 0.3) is 5.69 Å². The van der Waals surface area contributed by atoms with Gasteiger partial charge in [-0.1, -0.05) is 20.8 Å². The van der Waals surface area contributed by atoms with Crippen molar-refractivity contribution in [3.63, 3.8) is 0 Å². The Morgan fingerprint density at radius 2 is 1.96 bits per heavy atom. The van der Waals surface area contributed by atoms with E-state index in [1.54, 1.807) is 6.92 Å². The van der Waals surface area contributed by atoms with Crippen molar-refractivity contribution in [3.8, 4) is 5.75 Å². The van der Waals surface area contributed by atoms with E-state index in [0.717, 1.165) is 5.56 Å². The monoisotopic (exact) mass is 394 g/mol. The molecular formula is C19H30N2O5Si. The molecule has 0 bridgehead atoms. The summed E-state index contributed by atoms with van der Waals surface area (Å²) in [6, 6.07) is 1.49. The zero-order chi connectivity index (χ0) is 20.6. The number of amides is 1. The smallest absolute Gasteiger partial charge is 0.293 e. The minimum atomic E-state index is -1.85. The van der Waals surface area contributed by atoms with Crippen LogP contribution < -0.4 is 9.64 Å². The molecule has 150 valence electrons. The average Bonchev–Trinajstić information content (AvgIpc) is 2.96. The van der Waals surface area contributed by atoms with Crippen LogP contribution in [0.3, 0.4) is 0 Å². The highest BCUT2D eigenvalue weighted by Crippen LogP contribution is 2.44. The second-order valence-corrected chi connectivity index (χ2v) is 13.3. The molecule has 0 N–H and O–H groups in total. The zero-order valence-corrected chi connectivity index (χ0v) is 18.3. The first-order chi connectivity index (χ1) is 12.4. The molecule has 1 aromatic rings. The van der Waals surface area contributed by atoms with Gasteiger partial charge in [0.15, 0.2) is 8.32 Å². The van der Waals surface area contributed by atoms with E-state index in [1.165, 1.54) is 17.9 Å². The summed E-state index contributed by atoms with van der Waals surface area (Å²) in [4.78, 5) is 24.4. The number of aryl methyl sites for hydroxylation is 1. The minimum absolute atomic E-state index is 0.0416. The molecule has 0 saturated heterocycles. The van der Waals surface area contributed by atoms with Gasteiger partial charge in [0.2, 0.25) is 5.91 Å². The van der Waals surface area contributed by atoms with E-state index < -0.39 is 13.2 Å². The van der Waals surface area contributed by atoms with E-state index in [9.17, 15) is 14.9 Å². The van der Waals surface area contributed by atoms with Crippen molar-refractivity contribution < 1.29 is 18.9 Å². The zero-order valence-electron chi connectivity index (χ0n) is 17.3. The molecule has 0 radical (unpaired) electrons. The predicted molar refractivity (Wildman–Crippen MR) is 108 cm³/mol. The van der Waals surface area contributed by atoms with E-state index in [-0.39, 0.29) is 16.6 Å². The fourth-order valence-electron chi connectivity index (χ4n) is 3.02. The third-order valence-corrected chi connectivity index (χ3v) is 10.1. The second-order valence-electron chi connectivity index (χ2n) is 8.50. The molecule has 0 atom stereocenters. The normalized spacial score (nSPS) is 14.3. The third kappa shape index (κ3) is 4.32. The van der Waals surface area contributed by atoms with Gasteiger partial charge in [-0.2, -0.15) is 0 Å². The van der Waals surface area contributed by atoms with E-state index in [0.29, 0.717) is 43.2 Å². The summed E-state index contributed by atoms with van der Waals surface area (Å²) < 4.78 is 12.1. The molecule has 1 amide bonds. The van der Waals surface area contributed by atoms with E-state index in [1.807, 2.05) is 0 Å². The van der Waals surface area contributed by atoms with Crippen molar-refractivity contribution in [2.24, 2.45) is 0 Å². The quantitative estimate of drug-likeness (QED) is 0.312. The number of fused-ring (bicyclic) bond motifs is 1. The lowest BCUT2D eigenvalue weighted by Gasteiger charge is -2.36. The maximum atomic E-state index is 11.9. The fraction of sp³-hybridized carbons (Fsp3) is 0.632. The molecule has 1 aliphatic rings. The van der Waals surface area contributed by atoms with Crippen LogP contribution in [-0.4, -0.2) is 38.9 Å². The predicted octanol–water partition coefficient (Wildman–Crippen LogP) is 4.21. The molecule has 0 fully saturated rings. The Kier molecular flexibility index (Phi) is 6.01. The fourth-order valence-corrected chi connectivity index (χ4v) is 4.05. The topological polar surface area (TPSA) is 81.9 Å². The molecule has 0 aromatic heterocycles. The summed E-state index contributed by atoms with van der Waals surface area (Å²) in [7, 11) is -1.85. The Morgan fingerprint density at radius 3 is 2.48 bits per heavy atom. The highest BCUT2D eigenvalue weighted by Gasteiger charge is 2.37. The lowest BCUT2D eigenvalue weighted by Crippen LogP contribution is -2.41. The molecule has 7 nitrogen and oxygen atoms in total. The Bertz CT molecular complexity index is 755. The van der Waals surface area contributed by atoms with Crippen LogP contribution >= 0.6 is 0 Å². The first-order valence-corrected chi connectivity index (χ1v) is 12.1. The number of hydrogen-bond donors (Lipinski definition) is 0. The van der Waals surface area contributed by atoms with Crippen LogP contribution in [0.25, 0.3) is 0 Å². The largest absolute Gasteiger partial charge is 0.491 e. The molecule has 0 aliphatic carbocycles. The lowest BCUT2D eigenvalue weighted by atomic mass is 10.1. The van der Waals surface area contributed by atoms with Gasteiger partial charge in [-0.05, 0) is 37.0 Å². The molecule has 1 aliphatic heterocycles. The lowest BCUT2D eigenvalue weighted by molar-refractivity contribution is -0.384. The average molecular weight is 395 g/mol. The number of benzene rings is 1. The van der Waals surface area contributed by atoms with Crippen molar-refractivity contribution >= 4 is 25.6 Å². The molecular weight excluding hydrogens is 364 g/mol. The van der Waals surface area contributed by atoms with Crippen LogP contribution in [0.5, 0.6) is 5.75 Å². The number of nitro groups is 1. The van der Waals surface area contributed by atoms with Crippen LogP contribution in [0.2, 0.25) is 18.1 Å². The van der Waals surface area contributed by atoms with Gasteiger partial charge in [-0.3, -0.25) is 14.9 Å². The van der Waals surface area contributed by atoms with Gasteiger partial charge in [0.1, 0.15) is 18.0 Å². The number of ether oxygens (including phenoxy) is 1. The molecule has 0 saturated carbocycles. The first-order valence-electron chi connectivity index (χ1n) is 9.22. The number of nitro benzene ring substituents is 1. The molecule has 8 heteroatoms. The van der Waals surface area contributed by atoms with Crippen LogP contribution in [0.1, 0.15) is 38.8 Å². The highest BCUT2D eigenvalue weighted by atomic mass is 28.4. The van der Waals surface area contributed by atoms with Gasteiger partial charge < -0.3 is 14.1 Å². The van der Waals surface area contributed by atoms with Gasteiger partial charge in [-0.15, -0.1) is 0 Å². The number of nitrogens with zero attached hydrogens (tertiary/aromatic N) is 2. The maximum absolute atomic E-state index is 11.9. The second kappa shape index (κ2) is 7.59. The van der Waals surface area contributed by atoms with Crippen LogP contribution in [0, 0.1) is 17.0 Å². The molecule has 1 heterocycles. The summed E-state index contributed by atoms with van der Waals surface area (Å²) >= 11 is 0. The number of anilines is 1. The van der Waals surface area contributed by atoms with Gasteiger partial charge >= 0.3 is 0 Å². The molecule has 1 aromatic carbocycles. The summed E-state index contributed by atoms with van der Waals surface area (Å²) in [6.07, 6.45) is 0.551. The van der Waals surface area contributed by atoms with Crippen LogP contribution in [-0.2, 0) is 15.6 Å². The van der Waals surface area contributed by atoms with Crippen molar-refractivity contribution in [3.05, 3.63) is 27.3 Å². The van der Waals surface area contributed by atoms with E-state index in [4.69, 9.17) is 9.16 Å². The van der Waals surface area contributed by atoms with Crippen LogP contribution in [0.15, 0.2) is 6.07 Å². The van der Waals surface area contributed by atoms with E-state index in [2.05, 4.69) is 33.9 Å². The van der Waals surface area contributed by atoms with Crippen molar-refractivity contribution in [1.82, 2.24) is 0 Å². The van der Waals surface area contributed by atoms with Gasteiger partial charge in [-0.25, -0.2) is 0 Å². The molecule has 0 spiro atoms. The SMILES string of the molecule is CC(=O)N1CCc2c(OCCO[Si](C)(C)C(C)(C)C)c(C)cc([N+](=O)[O-])c21. The Morgan fingerprint density at radius 1 is 1.33 bits per heavy atom. The van der Waals surface area contributed by atoms with Crippen LogP contribution in [0.4, 0.5) is 11.4 Å². The summed E-state index contributed by atoms with van der Waals surface area (Å²) in [5.41, 5.74) is 1.78. The Hall–Kier alpha value is -1.93. The van der Waals surface area contributed by atoms with Gasteiger partial charge in [0.05, 0.1) is 11.5 Å². The summed E-state index contributed by atoms with van der Waals surface area (Å²) in [5, 5.41) is 11.6. The number of hydrogen-bond acceptors (Lipinski definition) is 5. The number of rotatable bonds is 6. The first kappa shape index (κ1) is 21.4. The third-order valence-electron chi connectivity index (χ3n) is 5.54. The van der Waals surface area contributed by atoms with E-state index >= 15 is 0 Å². The summed E-state index contributed by atoms with van der Waals surface area (Å²) in [6.45, 7) is 15.4. The molecule has 0 unspecified atom stereocenters.